The van der Waals surface area contributed by atoms with E-state index in [1.807, 2.05) is 13.8 Å². The van der Waals surface area contributed by atoms with Crippen molar-refractivity contribution in [2.75, 3.05) is 19.6 Å². The predicted octanol–water partition coefficient (Wildman–Crippen LogP) is 0.332. The summed E-state index contributed by atoms with van der Waals surface area (Å²) in [5, 5.41) is 0.149. The third-order valence-electron chi connectivity index (χ3n) is 2.41. The quantitative estimate of drug-likeness (QED) is 0.739. The summed E-state index contributed by atoms with van der Waals surface area (Å²) in [5.41, 5.74) is 5.43. The SMILES string of the molecule is CCCN(CCN)S(=O)(=O)c1cnc(CC)[nH]1. The molecule has 1 aromatic heterocycles. The highest BCUT2D eigenvalue weighted by molar-refractivity contribution is 7.89. The summed E-state index contributed by atoms with van der Waals surface area (Å²) in [7, 11) is -3.48. The number of nitrogens with zero attached hydrogens (tertiary/aromatic N) is 2. The lowest BCUT2D eigenvalue weighted by atomic mass is 10.5. The van der Waals surface area contributed by atoms with Crippen molar-refractivity contribution < 1.29 is 8.42 Å². The first kappa shape index (κ1) is 14.1. The van der Waals surface area contributed by atoms with Crippen molar-refractivity contribution in [1.82, 2.24) is 14.3 Å². The molecule has 1 rings (SSSR count). The molecule has 0 aliphatic heterocycles. The van der Waals surface area contributed by atoms with Crippen LogP contribution in [0.3, 0.4) is 0 Å². The van der Waals surface area contributed by atoms with Gasteiger partial charge in [0.2, 0.25) is 0 Å². The van der Waals surface area contributed by atoms with Crippen LogP contribution in [0.2, 0.25) is 0 Å². The molecule has 17 heavy (non-hydrogen) atoms. The molecule has 1 aromatic rings. The maximum atomic E-state index is 12.2. The highest BCUT2D eigenvalue weighted by Crippen LogP contribution is 2.13. The van der Waals surface area contributed by atoms with Gasteiger partial charge in [0.1, 0.15) is 5.82 Å². The second-order valence-corrected chi connectivity index (χ2v) is 5.65. The molecular weight excluding hydrogens is 240 g/mol. The molecule has 0 fully saturated rings. The number of aryl methyl sites for hydroxylation is 1. The molecule has 3 N–H and O–H groups in total. The number of aromatic amines is 1. The van der Waals surface area contributed by atoms with Crippen LogP contribution >= 0.6 is 0 Å². The lowest BCUT2D eigenvalue weighted by Gasteiger charge is -2.19. The number of imidazole rings is 1. The van der Waals surface area contributed by atoms with Gasteiger partial charge in [-0.3, -0.25) is 0 Å². The monoisotopic (exact) mass is 260 g/mol. The lowest BCUT2D eigenvalue weighted by molar-refractivity contribution is 0.416. The molecule has 0 spiro atoms. The lowest BCUT2D eigenvalue weighted by Crippen LogP contribution is -2.36. The van der Waals surface area contributed by atoms with E-state index in [1.165, 1.54) is 10.5 Å². The van der Waals surface area contributed by atoms with Crippen LogP contribution in [0.4, 0.5) is 0 Å². The van der Waals surface area contributed by atoms with E-state index in [9.17, 15) is 8.42 Å². The van der Waals surface area contributed by atoms with Crippen molar-refractivity contribution in [3.63, 3.8) is 0 Å². The summed E-state index contributed by atoms with van der Waals surface area (Å²) < 4.78 is 25.9. The summed E-state index contributed by atoms with van der Waals surface area (Å²) in [6, 6.07) is 0. The normalized spacial score (nSPS) is 12.2. The number of sulfonamides is 1. The van der Waals surface area contributed by atoms with Crippen molar-refractivity contribution in [3.8, 4) is 0 Å². The zero-order valence-electron chi connectivity index (χ0n) is 10.3. The molecule has 0 aromatic carbocycles. The number of H-pyrrole nitrogens is 1. The molecule has 98 valence electrons. The van der Waals surface area contributed by atoms with Gasteiger partial charge in [0, 0.05) is 26.1 Å². The standard InChI is InChI=1S/C10H20N4O2S/c1-3-6-14(7-5-11)17(15,16)10-8-12-9(4-2)13-10/h8H,3-7,11H2,1-2H3,(H,12,13). The van der Waals surface area contributed by atoms with E-state index >= 15 is 0 Å². The second kappa shape index (κ2) is 6.13. The first-order chi connectivity index (χ1) is 8.06. The summed E-state index contributed by atoms with van der Waals surface area (Å²) in [4.78, 5) is 6.83. The molecule has 6 nitrogen and oxygen atoms in total. The van der Waals surface area contributed by atoms with Crippen molar-refractivity contribution in [2.45, 2.75) is 31.7 Å². The third-order valence-corrected chi connectivity index (χ3v) is 4.22. The van der Waals surface area contributed by atoms with E-state index in [-0.39, 0.29) is 5.03 Å². The number of hydrogen-bond donors (Lipinski definition) is 2. The van der Waals surface area contributed by atoms with Gasteiger partial charge in [-0.1, -0.05) is 13.8 Å². The Morgan fingerprint density at radius 1 is 1.41 bits per heavy atom. The largest absolute Gasteiger partial charge is 0.332 e. The van der Waals surface area contributed by atoms with Crippen molar-refractivity contribution in [2.24, 2.45) is 5.73 Å². The fourth-order valence-corrected chi connectivity index (χ4v) is 3.02. The predicted molar refractivity (Wildman–Crippen MR) is 66.1 cm³/mol. The van der Waals surface area contributed by atoms with Gasteiger partial charge in [0.15, 0.2) is 5.03 Å². The molecular formula is C10H20N4O2S. The Morgan fingerprint density at radius 2 is 2.12 bits per heavy atom. The summed E-state index contributed by atoms with van der Waals surface area (Å²) >= 11 is 0. The second-order valence-electron chi connectivity index (χ2n) is 3.74. The van der Waals surface area contributed by atoms with Gasteiger partial charge in [-0.25, -0.2) is 13.4 Å². The third kappa shape index (κ3) is 3.27. The zero-order valence-corrected chi connectivity index (χ0v) is 11.1. The van der Waals surface area contributed by atoms with E-state index in [0.29, 0.717) is 31.9 Å². The fraction of sp³-hybridized carbons (Fsp3) is 0.700. The first-order valence-electron chi connectivity index (χ1n) is 5.80. The van der Waals surface area contributed by atoms with Crippen LogP contribution in [0.25, 0.3) is 0 Å². The molecule has 0 saturated heterocycles. The van der Waals surface area contributed by atoms with Crippen LogP contribution in [0.15, 0.2) is 11.2 Å². The average molecular weight is 260 g/mol. The number of hydrogen-bond acceptors (Lipinski definition) is 4. The van der Waals surface area contributed by atoms with Gasteiger partial charge < -0.3 is 10.7 Å². The molecule has 0 aliphatic carbocycles. The van der Waals surface area contributed by atoms with Gasteiger partial charge >= 0.3 is 0 Å². The maximum absolute atomic E-state index is 12.2. The van der Waals surface area contributed by atoms with Crippen LogP contribution in [-0.2, 0) is 16.4 Å². The summed E-state index contributed by atoms with van der Waals surface area (Å²) in [6.45, 7) is 4.97. The van der Waals surface area contributed by atoms with E-state index in [2.05, 4.69) is 9.97 Å². The minimum Gasteiger partial charge on any atom is -0.332 e. The molecule has 0 saturated carbocycles. The molecule has 0 atom stereocenters. The van der Waals surface area contributed by atoms with Crippen LogP contribution in [0, 0.1) is 0 Å². The summed E-state index contributed by atoms with van der Waals surface area (Å²) in [6.07, 6.45) is 2.81. The molecule has 0 amide bonds. The minimum absolute atomic E-state index is 0.149. The number of nitrogens with two attached hydrogens (primary N) is 1. The van der Waals surface area contributed by atoms with Crippen LogP contribution in [-0.4, -0.2) is 42.3 Å². The molecule has 0 unspecified atom stereocenters. The average Bonchev–Trinajstić information content (AvgIpc) is 2.78. The first-order valence-corrected chi connectivity index (χ1v) is 7.24. The van der Waals surface area contributed by atoms with E-state index in [4.69, 9.17) is 5.73 Å². The van der Waals surface area contributed by atoms with Gasteiger partial charge in [-0.15, -0.1) is 0 Å². The molecule has 7 heteroatoms. The summed E-state index contributed by atoms with van der Waals surface area (Å²) in [5.74, 6) is 0.674. The van der Waals surface area contributed by atoms with Gasteiger partial charge in [0.05, 0.1) is 6.20 Å². The molecule has 0 bridgehead atoms. The minimum atomic E-state index is -3.48. The van der Waals surface area contributed by atoms with Crippen molar-refractivity contribution in [3.05, 3.63) is 12.0 Å². The Hall–Kier alpha value is -0.920. The zero-order chi connectivity index (χ0) is 12.9. The Labute approximate surface area is 102 Å². The van der Waals surface area contributed by atoms with E-state index in [0.717, 1.165) is 6.42 Å². The highest BCUT2D eigenvalue weighted by atomic mass is 32.2. The Balaban J connectivity index is 2.98. The maximum Gasteiger partial charge on any atom is 0.260 e. The Morgan fingerprint density at radius 3 is 2.59 bits per heavy atom. The number of nitrogens with one attached hydrogen (secondary N) is 1. The van der Waals surface area contributed by atoms with Crippen LogP contribution in [0.5, 0.6) is 0 Å². The van der Waals surface area contributed by atoms with Crippen LogP contribution < -0.4 is 5.73 Å². The molecule has 0 aliphatic rings. The molecule has 0 radical (unpaired) electrons. The fourth-order valence-electron chi connectivity index (χ4n) is 1.54. The molecule has 1 heterocycles. The van der Waals surface area contributed by atoms with Crippen molar-refractivity contribution in [1.29, 1.82) is 0 Å². The van der Waals surface area contributed by atoms with E-state index < -0.39 is 10.0 Å². The Bertz CT molecular complexity index is 435. The van der Waals surface area contributed by atoms with Crippen molar-refractivity contribution >= 4 is 10.0 Å². The van der Waals surface area contributed by atoms with Gasteiger partial charge in [-0.2, -0.15) is 4.31 Å². The van der Waals surface area contributed by atoms with Gasteiger partial charge in [0.25, 0.3) is 10.0 Å². The smallest absolute Gasteiger partial charge is 0.260 e. The Kier molecular flexibility index (Phi) is 5.10. The van der Waals surface area contributed by atoms with Crippen LogP contribution in [0.1, 0.15) is 26.1 Å². The number of rotatable bonds is 7. The van der Waals surface area contributed by atoms with Gasteiger partial charge in [-0.05, 0) is 6.42 Å². The van der Waals surface area contributed by atoms with E-state index in [1.54, 1.807) is 0 Å². The highest BCUT2D eigenvalue weighted by Gasteiger charge is 2.24. The number of aromatic nitrogens is 2. The topological polar surface area (TPSA) is 92.1 Å².